The highest BCUT2D eigenvalue weighted by Crippen LogP contribution is 2.35. The number of aryl methyl sites for hydroxylation is 1. The van der Waals surface area contributed by atoms with E-state index in [0.717, 1.165) is 36.8 Å². The third-order valence-corrected chi connectivity index (χ3v) is 4.87. The zero-order valence-electron chi connectivity index (χ0n) is 16.7. The Hall–Kier alpha value is -2.75. The average molecular weight is 398 g/mol. The van der Waals surface area contributed by atoms with Gasteiger partial charge in [-0.1, -0.05) is 56.2 Å². The monoisotopic (exact) mass is 398 g/mol. The van der Waals surface area contributed by atoms with Crippen LogP contribution in [0.25, 0.3) is 16.8 Å². The second kappa shape index (κ2) is 9.17. The molecule has 0 saturated carbocycles. The molecule has 1 nitrogen and oxygen atoms in total. The second-order valence-electron chi connectivity index (χ2n) is 7.16. The van der Waals surface area contributed by atoms with Crippen LogP contribution < -0.4 is 4.74 Å². The molecule has 3 aromatic carbocycles. The average Bonchev–Trinajstić information content (AvgIpc) is 2.69. The van der Waals surface area contributed by atoms with E-state index >= 15 is 0 Å². The molecule has 4 heteroatoms. The third-order valence-electron chi connectivity index (χ3n) is 4.87. The van der Waals surface area contributed by atoms with Gasteiger partial charge in [-0.15, -0.1) is 0 Å². The van der Waals surface area contributed by atoms with Crippen LogP contribution in [-0.4, -0.2) is 0 Å². The molecule has 3 rings (SSSR count). The smallest absolute Gasteiger partial charge is 0.426 e. The van der Waals surface area contributed by atoms with Gasteiger partial charge in [-0.25, -0.2) is 4.39 Å². The van der Waals surface area contributed by atoms with Gasteiger partial charge < -0.3 is 4.74 Å². The first-order chi connectivity index (χ1) is 13.9. The maximum absolute atomic E-state index is 14.6. The first kappa shape index (κ1) is 21.0. The Labute approximate surface area is 169 Å². The molecule has 0 aromatic heterocycles. The summed E-state index contributed by atoms with van der Waals surface area (Å²) in [5, 5.41) is 1.27. The molecule has 0 spiro atoms. The van der Waals surface area contributed by atoms with E-state index in [4.69, 9.17) is 4.74 Å². The summed E-state index contributed by atoms with van der Waals surface area (Å²) in [6.45, 7) is 4.01. The number of rotatable bonds is 8. The Bertz CT molecular complexity index is 991. The van der Waals surface area contributed by atoms with E-state index in [9.17, 15) is 13.2 Å². The van der Waals surface area contributed by atoms with Crippen LogP contribution in [0.5, 0.6) is 5.75 Å². The Morgan fingerprint density at radius 2 is 1.69 bits per heavy atom. The molecule has 0 amide bonds. The van der Waals surface area contributed by atoms with Crippen LogP contribution in [-0.2, 0) is 12.5 Å². The van der Waals surface area contributed by atoms with E-state index in [1.807, 2.05) is 25.1 Å². The van der Waals surface area contributed by atoms with Gasteiger partial charge in [-0.2, -0.15) is 8.78 Å². The summed E-state index contributed by atoms with van der Waals surface area (Å²) < 4.78 is 48.5. The largest absolute Gasteiger partial charge is 0.426 e. The minimum Gasteiger partial charge on any atom is -0.426 e. The Morgan fingerprint density at radius 3 is 2.38 bits per heavy atom. The molecule has 0 radical (unpaired) electrons. The zero-order valence-corrected chi connectivity index (χ0v) is 16.7. The summed E-state index contributed by atoms with van der Waals surface area (Å²) in [6.07, 6.45) is 4.25. The van der Waals surface area contributed by atoms with Crippen LogP contribution in [0.4, 0.5) is 13.2 Å². The molecule has 0 saturated heterocycles. The van der Waals surface area contributed by atoms with Crippen LogP contribution in [0.3, 0.4) is 0 Å². The van der Waals surface area contributed by atoms with Gasteiger partial charge in [0.2, 0.25) is 0 Å². The highest BCUT2D eigenvalue weighted by molar-refractivity contribution is 5.86. The minimum absolute atomic E-state index is 0.292. The van der Waals surface area contributed by atoms with Crippen molar-refractivity contribution in [2.75, 3.05) is 0 Å². The standard InChI is InChI=1S/C25H25F3O/c1-3-5-6-8-18-10-13-22(14-11-18)25(27,28)29-24-17-20-12-9-19(7-4-2)15-21(20)16-23(24)26/h4,7,9-17H,3,5-6,8H2,1-2H3/b7-4+. The predicted molar refractivity (Wildman–Crippen MR) is 113 cm³/mol. The lowest BCUT2D eigenvalue weighted by atomic mass is 10.0. The summed E-state index contributed by atoms with van der Waals surface area (Å²) >= 11 is 0. The van der Waals surface area contributed by atoms with E-state index < -0.39 is 17.7 Å². The first-order valence-electron chi connectivity index (χ1n) is 9.95. The van der Waals surface area contributed by atoms with Crippen molar-refractivity contribution >= 4 is 16.8 Å². The molecule has 0 unspecified atom stereocenters. The molecule has 0 fully saturated rings. The number of benzene rings is 3. The molecule has 0 atom stereocenters. The number of alkyl halides is 2. The Morgan fingerprint density at radius 1 is 0.931 bits per heavy atom. The van der Waals surface area contributed by atoms with Crippen LogP contribution >= 0.6 is 0 Å². The fourth-order valence-electron chi connectivity index (χ4n) is 3.28. The molecule has 0 N–H and O–H groups in total. The van der Waals surface area contributed by atoms with Crippen molar-refractivity contribution in [3.63, 3.8) is 0 Å². The maximum Gasteiger partial charge on any atom is 0.426 e. The number of hydrogen-bond donors (Lipinski definition) is 0. The molecule has 0 bridgehead atoms. The highest BCUT2D eigenvalue weighted by atomic mass is 19.3. The van der Waals surface area contributed by atoms with Gasteiger partial charge in [0.15, 0.2) is 11.6 Å². The lowest BCUT2D eigenvalue weighted by Gasteiger charge is -2.19. The van der Waals surface area contributed by atoms with E-state index in [1.165, 1.54) is 24.3 Å². The van der Waals surface area contributed by atoms with Gasteiger partial charge in [-0.3, -0.25) is 0 Å². The van der Waals surface area contributed by atoms with Gasteiger partial charge in [0.1, 0.15) is 0 Å². The predicted octanol–water partition coefficient (Wildman–Crippen LogP) is 7.87. The van der Waals surface area contributed by atoms with Crippen LogP contribution in [0.15, 0.2) is 60.7 Å². The van der Waals surface area contributed by atoms with Crippen molar-refractivity contribution in [1.82, 2.24) is 0 Å². The summed E-state index contributed by atoms with van der Waals surface area (Å²) in [5.74, 6) is -1.28. The number of unbranched alkanes of at least 4 members (excludes halogenated alkanes) is 2. The van der Waals surface area contributed by atoms with E-state index in [2.05, 4.69) is 6.92 Å². The number of halogens is 3. The van der Waals surface area contributed by atoms with Crippen molar-refractivity contribution in [2.24, 2.45) is 0 Å². The van der Waals surface area contributed by atoms with Crippen molar-refractivity contribution in [3.8, 4) is 5.75 Å². The van der Waals surface area contributed by atoms with Gasteiger partial charge >= 0.3 is 6.11 Å². The molecule has 0 aliphatic heterocycles. The van der Waals surface area contributed by atoms with Gasteiger partial charge in [0, 0.05) is 0 Å². The lowest BCUT2D eigenvalue weighted by molar-refractivity contribution is -0.186. The third kappa shape index (κ3) is 5.20. The van der Waals surface area contributed by atoms with Crippen molar-refractivity contribution < 1.29 is 17.9 Å². The molecule has 0 heterocycles. The minimum atomic E-state index is -3.62. The topological polar surface area (TPSA) is 9.23 Å². The molecule has 0 aliphatic carbocycles. The normalized spacial score (nSPS) is 12.0. The molecule has 29 heavy (non-hydrogen) atoms. The van der Waals surface area contributed by atoms with E-state index in [-0.39, 0.29) is 5.56 Å². The fourth-order valence-corrected chi connectivity index (χ4v) is 3.28. The first-order valence-corrected chi connectivity index (χ1v) is 9.95. The summed E-state index contributed by atoms with van der Waals surface area (Å²) in [5.41, 5.74) is 1.63. The molecule has 0 aliphatic rings. The zero-order chi connectivity index (χ0) is 20.9. The molecule has 152 valence electrons. The molecule has 3 aromatic rings. The van der Waals surface area contributed by atoms with Crippen LogP contribution in [0.2, 0.25) is 0 Å². The summed E-state index contributed by atoms with van der Waals surface area (Å²) in [4.78, 5) is 0. The number of hydrogen-bond acceptors (Lipinski definition) is 1. The number of fused-ring (bicyclic) bond motifs is 1. The molecular weight excluding hydrogens is 373 g/mol. The van der Waals surface area contributed by atoms with Crippen molar-refractivity contribution in [1.29, 1.82) is 0 Å². The quantitative estimate of drug-likeness (QED) is 0.351. The van der Waals surface area contributed by atoms with Crippen LogP contribution in [0.1, 0.15) is 49.8 Å². The molecular formula is C25H25F3O. The van der Waals surface area contributed by atoms with Crippen LogP contribution in [0, 0.1) is 5.82 Å². The van der Waals surface area contributed by atoms with E-state index in [1.54, 1.807) is 24.3 Å². The number of ether oxygens (including phenoxy) is 1. The summed E-state index contributed by atoms with van der Waals surface area (Å²) in [7, 11) is 0. The Balaban J connectivity index is 1.81. The lowest BCUT2D eigenvalue weighted by Crippen LogP contribution is -2.22. The van der Waals surface area contributed by atoms with Gasteiger partial charge in [0.05, 0.1) is 5.56 Å². The van der Waals surface area contributed by atoms with Crippen molar-refractivity contribution in [3.05, 3.63) is 83.2 Å². The van der Waals surface area contributed by atoms with Gasteiger partial charge in [-0.05, 0) is 72.0 Å². The summed E-state index contributed by atoms with van der Waals surface area (Å²) in [6, 6.07) is 14.0. The fraction of sp³-hybridized carbons (Fsp3) is 0.280. The highest BCUT2D eigenvalue weighted by Gasteiger charge is 2.35. The Kier molecular flexibility index (Phi) is 6.63. The number of allylic oxidation sites excluding steroid dienone is 1. The maximum atomic E-state index is 14.6. The second-order valence-corrected chi connectivity index (χ2v) is 7.16. The van der Waals surface area contributed by atoms with Crippen molar-refractivity contribution in [2.45, 2.75) is 45.6 Å². The van der Waals surface area contributed by atoms with E-state index in [0.29, 0.717) is 10.8 Å². The SMILES string of the molecule is C/C=C/c1ccc2cc(OC(F)(F)c3ccc(CCCCC)cc3)c(F)cc2c1. The van der Waals surface area contributed by atoms with Gasteiger partial charge in [0.25, 0.3) is 0 Å².